The van der Waals surface area contributed by atoms with Crippen LogP contribution in [0.4, 0.5) is 5.82 Å². The largest absolute Gasteiger partial charge is 0.356 e. The summed E-state index contributed by atoms with van der Waals surface area (Å²) >= 11 is 3.50. The molecule has 0 aliphatic carbocycles. The highest BCUT2D eigenvalue weighted by molar-refractivity contribution is 9.10. The van der Waals surface area contributed by atoms with Gasteiger partial charge >= 0.3 is 0 Å². The van der Waals surface area contributed by atoms with Crippen LogP contribution >= 0.6 is 15.9 Å². The van der Waals surface area contributed by atoms with Gasteiger partial charge in [-0.25, -0.2) is 4.98 Å². The SMILES string of the molecule is CC(=O)C1CCN(c2ncccc2Br)CC1. The Morgan fingerprint density at radius 2 is 2.19 bits per heavy atom. The third kappa shape index (κ3) is 2.43. The van der Waals surface area contributed by atoms with Crippen LogP contribution in [0.5, 0.6) is 0 Å². The maximum atomic E-state index is 11.3. The van der Waals surface area contributed by atoms with E-state index in [1.807, 2.05) is 12.1 Å². The first-order chi connectivity index (χ1) is 7.68. The van der Waals surface area contributed by atoms with Gasteiger partial charge in [0.1, 0.15) is 11.6 Å². The van der Waals surface area contributed by atoms with Crippen molar-refractivity contribution in [2.24, 2.45) is 5.92 Å². The quantitative estimate of drug-likeness (QED) is 0.836. The van der Waals surface area contributed by atoms with Gasteiger partial charge in [0.05, 0.1) is 4.47 Å². The van der Waals surface area contributed by atoms with Crippen molar-refractivity contribution in [3.8, 4) is 0 Å². The molecule has 0 unspecified atom stereocenters. The summed E-state index contributed by atoms with van der Waals surface area (Å²) in [4.78, 5) is 17.9. The van der Waals surface area contributed by atoms with Gasteiger partial charge in [-0.1, -0.05) is 0 Å². The average molecular weight is 283 g/mol. The number of carbonyl (C=O) groups excluding carboxylic acids is 1. The molecule has 0 atom stereocenters. The fraction of sp³-hybridized carbons (Fsp3) is 0.500. The van der Waals surface area contributed by atoms with Crippen LogP contribution in [0, 0.1) is 5.92 Å². The van der Waals surface area contributed by atoms with Gasteiger partial charge in [0.25, 0.3) is 0 Å². The average Bonchev–Trinajstić information content (AvgIpc) is 2.30. The zero-order valence-corrected chi connectivity index (χ0v) is 10.9. The number of hydrogen-bond acceptors (Lipinski definition) is 3. The predicted octanol–water partition coefficient (Wildman–Crippen LogP) is 2.65. The Balaban J connectivity index is 2.05. The van der Waals surface area contributed by atoms with Crippen LogP contribution in [0.3, 0.4) is 0 Å². The first-order valence-electron chi connectivity index (χ1n) is 5.54. The number of aromatic nitrogens is 1. The summed E-state index contributed by atoms with van der Waals surface area (Å²) in [5, 5.41) is 0. The third-order valence-electron chi connectivity index (χ3n) is 3.11. The molecule has 3 nitrogen and oxygen atoms in total. The molecule has 86 valence electrons. The Morgan fingerprint density at radius 1 is 1.50 bits per heavy atom. The molecule has 1 aromatic heterocycles. The molecule has 2 rings (SSSR count). The smallest absolute Gasteiger partial charge is 0.142 e. The summed E-state index contributed by atoms with van der Waals surface area (Å²) in [6.45, 7) is 3.52. The zero-order valence-electron chi connectivity index (χ0n) is 9.32. The Labute approximate surface area is 104 Å². The topological polar surface area (TPSA) is 33.2 Å². The molecular weight excluding hydrogens is 268 g/mol. The van der Waals surface area contributed by atoms with Gasteiger partial charge in [-0.2, -0.15) is 0 Å². The van der Waals surface area contributed by atoms with E-state index in [-0.39, 0.29) is 5.92 Å². The van der Waals surface area contributed by atoms with Crippen molar-refractivity contribution >= 4 is 27.5 Å². The second kappa shape index (κ2) is 4.95. The minimum Gasteiger partial charge on any atom is -0.356 e. The monoisotopic (exact) mass is 282 g/mol. The molecule has 0 saturated carbocycles. The van der Waals surface area contributed by atoms with Crippen molar-refractivity contribution in [2.45, 2.75) is 19.8 Å². The van der Waals surface area contributed by atoms with Crippen molar-refractivity contribution in [3.63, 3.8) is 0 Å². The summed E-state index contributed by atoms with van der Waals surface area (Å²) in [6.07, 6.45) is 3.69. The van der Waals surface area contributed by atoms with Crippen LogP contribution in [-0.2, 0) is 4.79 Å². The molecule has 1 aliphatic rings. The van der Waals surface area contributed by atoms with Crippen molar-refractivity contribution in [3.05, 3.63) is 22.8 Å². The number of piperidine rings is 1. The van der Waals surface area contributed by atoms with Crippen LogP contribution in [-0.4, -0.2) is 23.9 Å². The lowest BCUT2D eigenvalue weighted by molar-refractivity contribution is -0.121. The number of nitrogens with zero attached hydrogens (tertiary/aromatic N) is 2. The number of halogens is 1. The summed E-state index contributed by atoms with van der Waals surface area (Å²) in [5.41, 5.74) is 0. The minimum absolute atomic E-state index is 0.249. The zero-order chi connectivity index (χ0) is 11.5. The number of anilines is 1. The first kappa shape index (κ1) is 11.6. The number of hydrogen-bond donors (Lipinski definition) is 0. The normalized spacial score (nSPS) is 17.5. The van der Waals surface area contributed by atoms with Gasteiger partial charge in [0, 0.05) is 25.2 Å². The van der Waals surface area contributed by atoms with Crippen LogP contribution in [0.2, 0.25) is 0 Å². The molecule has 0 spiro atoms. The Kier molecular flexibility index (Phi) is 3.59. The van der Waals surface area contributed by atoms with E-state index in [2.05, 4.69) is 25.8 Å². The molecule has 16 heavy (non-hydrogen) atoms. The van der Waals surface area contributed by atoms with E-state index >= 15 is 0 Å². The highest BCUT2D eigenvalue weighted by Gasteiger charge is 2.23. The lowest BCUT2D eigenvalue weighted by Gasteiger charge is -2.32. The van der Waals surface area contributed by atoms with Gasteiger partial charge in [-0.15, -0.1) is 0 Å². The highest BCUT2D eigenvalue weighted by Crippen LogP contribution is 2.27. The molecular formula is C12H15BrN2O. The summed E-state index contributed by atoms with van der Waals surface area (Å²) in [6, 6.07) is 3.91. The van der Waals surface area contributed by atoms with Gasteiger partial charge in [-0.3, -0.25) is 4.79 Å². The van der Waals surface area contributed by atoms with E-state index in [0.717, 1.165) is 36.2 Å². The molecule has 0 radical (unpaired) electrons. The minimum atomic E-state index is 0.249. The van der Waals surface area contributed by atoms with Crippen molar-refractivity contribution < 1.29 is 4.79 Å². The van der Waals surface area contributed by atoms with Crippen LogP contribution in [0.25, 0.3) is 0 Å². The second-order valence-electron chi connectivity index (χ2n) is 4.18. The molecule has 1 aliphatic heterocycles. The molecule has 0 aromatic carbocycles. The summed E-state index contributed by atoms with van der Waals surface area (Å²) in [7, 11) is 0. The number of carbonyl (C=O) groups is 1. The second-order valence-corrected chi connectivity index (χ2v) is 5.04. The fourth-order valence-corrected chi connectivity index (χ4v) is 2.61. The van der Waals surface area contributed by atoms with Crippen molar-refractivity contribution in [1.29, 1.82) is 0 Å². The lowest BCUT2D eigenvalue weighted by atomic mass is 9.93. The number of pyridine rings is 1. The molecule has 0 amide bonds. The van der Waals surface area contributed by atoms with E-state index in [0.29, 0.717) is 5.78 Å². The van der Waals surface area contributed by atoms with Crippen LogP contribution in [0.1, 0.15) is 19.8 Å². The third-order valence-corrected chi connectivity index (χ3v) is 3.73. The highest BCUT2D eigenvalue weighted by atomic mass is 79.9. The van der Waals surface area contributed by atoms with Crippen molar-refractivity contribution in [2.75, 3.05) is 18.0 Å². The fourth-order valence-electron chi connectivity index (χ4n) is 2.11. The standard InChI is InChI=1S/C12H15BrN2O/c1-9(16)10-4-7-15(8-5-10)12-11(13)3-2-6-14-12/h2-3,6,10H,4-5,7-8H2,1H3. The lowest BCUT2D eigenvalue weighted by Crippen LogP contribution is -2.36. The number of Topliss-reactive ketones (excluding diaryl/α,β-unsaturated/α-hetero) is 1. The predicted molar refractivity (Wildman–Crippen MR) is 67.6 cm³/mol. The maximum Gasteiger partial charge on any atom is 0.142 e. The summed E-state index contributed by atoms with van der Waals surface area (Å²) in [5.74, 6) is 1.56. The van der Waals surface area contributed by atoms with Gasteiger partial charge in [0.2, 0.25) is 0 Å². The molecule has 1 saturated heterocycles. The van der Waals surface area contributed by atoms with Gasteiger partial charge in [-0.05, 0) is 47.8 Å². The van der Waals surface area contributed by atoms with Gasteiger partial charge in [0.15, 0.2) is 0 Å². The van der Waals surface area contributed by atoms with Crippen LogP contribution < -0.4 is 4.90 Å². The molecule has 0 N–H and O–H groups in total. The van der Waals surface area contributed by atoms with Crippen LogP contribution in [0.15, 0.2) is 22.8 Å². The number of ketones is 1. The van der Waals surface area contributed by atoms with E-state index < -0.39 is 0 Å². The number of rotatable bonds is 2. The molecule has 0 bridgehead atoms. The van der Waals surface area contributed by atoms with E-state index in [1.54, 1.807) is 13.1 Å². The van der Waals surface area contributed by atoms with Gasteiger partial charge < -0.3 is 4.90 Å². The molecule has 4 heteroatoms. The van der Waals surface area contributed by atoms with E-state index in [9.17, 15) is 4.79 Å². The van der Waals surface area contributed by atoms with E-state index in [1.165, 1.54) is 0 Å². The Hall–Kier alpha value is -0.900. The Bertz CT molecular complexity index is 386. The molecule has 2 heterocycles. The first-order valence-corrected chi connectivity index (χ1v) is 6.33. The molecule has 1 aromatic rings. The Morgan fingerprint density at radius 3 is 2.75 bits per heavy atom. The summed E-state index contributed by atoms with van der Waals surface area (Å²) < 4.78 is 1.02. The molecule has 1 fully saturated rings. The van der Waals surface area contributed by atoms with E-state index in [4.69, 9.17) is 0 Å². The maximum absolute atomic E-state index is 11.3. The van der Waals surface area contributed by atoms with Crippen molar-refractivity contribution in [1.82, 2.24) is 4.98 Å².